The molecule has 0 bridgehead atoms. The maximum absolute atomic E-state index is 6.04. The van der Waals surface area contributed by atoms with E-state index in [4.69, 9.17) is 4.74 Å². The summed E-state index contributed by atoms with van der Waals surface area (Å²) in [6, 6.07) is 9.18. The standard InChI is InChI=1S/C18H28N2O/c1-14-6-7-18(19-11-14)16-4-3-5-17(10-16)21-13-15-8-9-20(2)12-15/h3-5,10,14-15,18-19H,6-9,11-13H2,1-2H3/t14-,15-,18+/m0/s1. The molecule has 116 valence electrons. The highest BCUT2D eigenvalue weighted by atomic mass is 16.5. The van der Waals surface area contributed by atoms with Crippen molar-refractivity contribution in [3.8, 4) is 5.75 Å². The lowest BCUT2D eigenvalue weighted by Crippen LogP contribution is -2.31. The van der Waals surface area contributed by atoms with Crippen LogP contribution >= 0.6 is 0 Å². The largest absolute Gasteiger partial charge is 0.493 e. The van der Waals surface area contributed by atoms with Crippen molar-refractivity contribution in [1.29, 1.82) is 0 Å². The SMILES string of the molecule is C[C@H]1CC[C@H](c2cccc(OC[C@H]3CCN(C)C3)c2)NC1. The Bertz CT molecular complexity index is 454. The molecule has 2 aliphatic heterocycles. The fraction of sp³-hybridized carbons (Fsp3) is 0.667. The number of benzene rings is 1. The van der Waals surface area contributed by atoms with Crippen molar-refractivity contribution in [2.75, 3.05) is 33.3 Å². The zero-order valence-corrected chi connectivity index (χ0v) is 13.3. The summed E-state index contributed by atoms with van der Waals surface area (Å²) in [4.78, 5) is 2.39. The Morgan fingerprint density at radius 2 is 2.19 bits per heavy atom. The Morgan fingerprint density at radius 1 is 1.29 bits per heavy atom. The maximum Gasteiger partial charge on any atom is 0.119 e. The molecule has 3 rings (SSSR count). The fourth-order valence-electron chi connectivity index (χ4n) is 3.48. The summed E-state index contributed by atoms with van der Waals surface area (Å²) in [5.74, 6) is 2.52. The van der Waals surface area contributed by atoms with Crippen molar-refractivity contribution < 1.29 is 4.74 Å². The highest BCUT2D eigenvalue weighted by molar-refractivity contribution is 5.31. The van der Waals surface area contributed by atoms with E-state index in [1.807, 2.05) is 0 Å². The summed E-state index contributed by atoms with van der Waals surface area (Å²) in [6.45, 7) is 6.68. The number of ether oxygens (including phenoxy) is 1. The van der Waals surface area contributed by atoms with Gasteiger partial charge in [-0.3, -0.25) is 0 Å². The first-order valence-electron chi connectivity index (χ1n) is 8.35. The van der Waals surface area contributed by atoms with Crippen LogP contribution in [0.25, 0.3) is 0 Å². The van der Waals surface area contributed by atoms with Gasteiger partial charge >= 0.3 is 0 Å². The van der Waals surface area contributed by atoms with Crippen LogP contribution in [-0.4, -0.2) is 38.2 Å². The van der Waals surface area contributed by atoms with Crippen molar-refractivity contribution in [2.24, 2.45) is 11.8 Å². The predicted octanol–water partition coefficient (Wildman–Crippen LogP) is 3.08. The summed E-state index contributed by atoms with van der Waals surface area (Å²) in [5, 5.41) is 3.65. The molecule has 0 aromatic heterocycles. The molecule has 3 atom stereocenters. The molecule has 1 aromatic carbocycles. The second-order valence-electron chi connectivity index (χ2n) is 6.94. The Balaban J connectivity index is 1.55. The minimum atomic E-state index is 0.502. The predicted molar refractivity (Wildman–Crippen MR) is 86.7 cm³/mol. The van der Waals surface area contributed by atoms with E-state index in [-0.39, 0.29) is 0 Å². The average molecular weight is 288 g/mol. The first-order chi connectivity index (χ1) is 10.2. The molecular formula is C18H28N2O. The molecule has 0 radical (unpaired) electrons. The number of nitrogens with one attached hydrogen (secondary N) is 1. The molecule has 2 saturated heterocycles. The molecule has 1 N–H and O–H groups in total. The monoisotopic (exact) mass is 288 g/mol. The first kappa shape index (κ1) is 14.9. The van der Waals surface area contributed by atoms with Gasteiger partial charge in [-0.15, -0.1) is 0 Å². The lowest BCUT2D eigenvalue weighted by Gasteiger charge is -2.28. The van der Waals surface area contributed by atoms with Gasteiger partial charge in [0.2, 0.25) is 0 Å². The number of hydrogen-bond acceptors (Lipinski definition) is 3. The van der Waals surface area contributed by atoms with Crippen LogP contribution in [0.4, 0.5) is 0 Å². The molecule has 21 heavy (non-hydrogen) atoms. The Kier molecular flexibility index (Phi) is 4.81. The normalized spacial score (nSPS) is 30.5. The van der Waals surface area contributed by atoms with Gasteiger partial charge in [-0.2, -0.15) is 0 Å². The zero-order valence-electron chi connectivity index (χ0n) is 13.3. The van der Waals surface area contributed by atoms with Gasteiger partial charge in [-0.1, -0.05) is 19.1 Å². The average Bonchev–Trinajstić information content (AvgIpc) is 2.92. The minimum absolute atomic E-state index is 0.502. The lowest BCUT2D eigenvalue weighted by molar-refractivity contribution is 0.248. The third-order valence-electron chi connectivity index (χ3n) is 4.90. The van der Waals surface area contributed by atoms with E-state index in [1.54, 1.807) is 0 Å². The smallest absolute Gasteiger partial charge is 0.119 e. The zero-order chi connectivity index (χ0) is 14.7. The van der Waals surface area contributed by atoms with Crippen LogP contribution in [-0.2, 0) is 0 Å². The van der Waals surface area contributed by atoms with Gasteiger partial charge in [-0.25, -0.2) is 0 Å². The minimum Gasteiger partial charge on any atom is -0.493 e. The van der Waals surface area contributed by atoms with Crippen LogP contribution in [0.1, 0.15) is 37.8 Å². The molecular weight excluding hydrogens is 260 g/mol. The van der Waals surface area contributed by atoms with E-state index in [1.165, 1.54) is 37.9 Å². The molecule has 0 spiro atoms. The van der Waals surface area contributed by atoms with Crippen LogP contribution in [0, 0.1) is 11.8 Å². The Hall–Kier alpha value is -1.06. The molecule has 1 aromatic rings. The third kappa shape index (κ3) is 3.98. The highest BCUT2D eigenvalue weighted by Gasteiger charge is 2.21. The Labute approximate surface area is 128 Å². The van der Waals surface area contributed by atoms with Crippen LogP contribution in [0.15, 0.2) is 24.3 Å². The van der Waals surface area contributed by atoms with Crippen molar-refractivity contribution in [3.63, 3.8) is 0 Å². The van der Waals surface area contributed by atoms with Gasteiger partial charge in [0.25, 0.3) is 0 Å². The van der Waals surface area contributed by atoms with Gasteiger partial charge in [0.1, 0.15) is 5.75 Å². The maximum atomic E-state index is 6.04. The molecule has 0 saturated carbocycles. The summed E-state index contributed by atoms with van der Waals surface area (Å²) >= 11 is 0. The van der Waals surface area contributed by atoms with Gasteiger partial charge in [0, 0.05) is 18.5 Å². The number of nitrogens with zero attached hydrogens (tertiary/aromatic N) is 1. The first-order valence-corrected chi connectivity index (χ1v) is 8.35. The molecule has 3 heteroatoms. The van der Waals surface area contributed by atoms with E-state index in [0.29, 0.717) is 12.0 Å². The van der Waals surface area contributed by atoms with Crippen molar-refractivity contribution in [1.82, 2.24) is 10.2 Å². The van der Waals surface area contributed by atoms with Crippen LogP contribution in [0.2, 0.25) is 0 Å². The van der Waals surface area contributed by atoms with E-state index in [0.717, 1.165) is 24.8 Å². The molecule has 3 nitrogen and oxygen atoms in total. The molecule has 0 unspecified atom stereocenters. The summed E-state index contributed by atoms with van der Waals surface area (Å²) in [7, 11) is 2.19. The lowest BCUT2D eigenvalue weighted by atomic mass is 9.92. The van der Waals surface area contributed by atoms with Crippen LogP contribution in [0.5, 0.6) is 5.75 Å². The van der Waals surface area contributed by atoms with Crippen molar-refractivity contribution in [2.45, 2.75) is 32.2 Å². The number of hydrogen-bond donors (Lipinski definition) is 1. The summed E-state index contributed by atoms with van der Waals surface area (Å²) in [5.41, 5.74) is 1.38. The molecule has 2 aliphatic rings. The molecule has 0 amide bonds. The molecule has 2 fully saturated rings. The number of piperidine rings is 1. The quantitative estimate of drug-likeness (QED) is 0.921. The second-order valence-corrected chi connectivity index (χ2v) is 6.94. The number of likely N-dealkylation sites (tertiary alicyclic amines) is 1. The van der Waals surface area contributed by atoms with Crippen molar-refractivity contribution >= 4 is 0 Å². The third-order valence-corrected chi connectivity index (χ3v) is 4.90. The van der Waals surface area contributed by atoms with Gasteiger partial charge in [0.15, 0.2) is 0 Å². The van der Waals surface area contributed by atoms with Gasteiger partial charge in [-0.05, 0) is 63.0 Å². The summed E-state index contributed by atoms with van der Waals surface area (Å²) < 4.78 is 6.04. The topological polar surface area (TPSA) is 24.5 Å². The Morgan fingerprint density at radius 3 is 2.90 bits per heavy atom. The van der Waals surface area contributed by atoms with E-state index >= 15 is 0 Å². The molecule has 2 heterocycles. The van der Waals surface area contributed by atoms with Gasteiger partial charge in [0.05, 0.1) is 6.61 Å². The van der Waals surface area contributed by atoms with Gasteiger partial charge < -0.3 is 15.0 Å². The van der Waals surface area contributed by atoms with E-state index in [2.05, 4.69) is 48.5 Å². The van der Waals surface area contributed by atoms with Crippen molar-refractivity contribution in [3.05, 3.63) is 29.8 Å². The van der Waals surface area contributed by atoms with Crippen LogP contribution in [0.3, 0.4) is 0 Å². The van der Waals surface area contributed by atoms with E-state index < -0.39 is 0 Å². The van der Waals surface area contributed by atoms with E-state index in [9.17, 15) is 0 Å². The molecule has 0 aliphatic carbocycles. The fourth-order valence-corrected chi connectivity index (χ4v) is 3.48. The van der Waals surface area contributed by atoms with Crippen LogP contribution < -0.4 is 10.1 Å². The number of rotatable bonds is 4. The highest BCUT2D eigenvalue weighted by Crippen LogP contribution is 2.28. The second kappa shape index (κ2) is 6.80. The summed E-state index contributed by atoms with van der Waals surface area (Å²) in [6.07, 6.45) is 3.81.